The smallest absolute Gasteiger partial charge is 0.417 e. The molecule has 1 N–H and O–H groups in total. The van der Waals surface area contributed by atoms with E-state index in [-0.39, 0.29) is 23.7 Å². The topological polar surface area (TPSA) is 95.9 Å². The number of nitrogens with zero attached hydrogens (tertiary/aromatic N) is 6. The Bertz CT molecular complexity index is 1600. The zero-order valence-corrected chi connectivity index (χ0v) is 28.4. The minimum absolute atomic E-state index is 0.111. The van der Waals surface area contributed by atoms with Crippen LogP contribution in [0.15, 0.2) is 36.8 Å². The van der Waals surface area contributed by atoms with Crippen molar-refractivity contribution in [2.75, 3.05) is 74.2 Å². The highest BCUT2D eigenvalue weighted by Crippen LogP contribution is 2.38. The molecule has 0 atom stereocenters. The highest BCUT2D eigenvalue weighted by atomic mass is 28.3. The third-order valence-electron chi connectivity index (χ3n) is 8.83. The summed E-state index contributed by atoms with van der Waals surface area (Å²) in [6.45, 7) is 11.7. The van der Waals surface area contributed by atoms with Gasteiger partial charge in [-0.05, 0) is 31.0 Å². The minimum atomic E-state index is -4.85. The first-order chi connectivity index (χ1) is 22.9. The average molecular weight is 688 g/mol. The van der Waals surface area contributed by atoms with Gasteiger partial charge in [0.15, 0.2) is 0 Å². The van der Waals surface area contributed by atoms with E-state index in [0.717, 1.165) is 44.2 Å². The van der Waals surface area contributed by atoms with E-state index in [1.807, 2.05) is 9.80 Å². The number of rotatable bonds is 10. The van der Waals surface area contributed by atoms with Gasteiger partial charge in [0.25, 0.3) is 5.91 Å². The highest BCUT2D eigenvalue weighted by molar-refractivity contribution is 6.76. The number of amides is 1. The van der Waals surface area contributed by atoms with E-state index in [1.165, 1.54) is 24.5 Å². The zero-order chi connectivity index (χ0) is 34.1. The quantitative estimate of drug-likeness (QED) is 0.210. The summed E-state index contributed by atoms with van der Waals surface area (Å²) < 4.78 is 69.6. The van der Waals surface area contributed by atoms with Gasteiger partial charge in [0.2, 0.25) is 11.8 Å². The molecule has 1 amide bonds. The van der Waals surface area contributed by atoms with Crippen LogP contribution < -0.4 is 19.9 Å². The maximum Gasteiger partial charge on any atom is 0.417 e. The molecule has 3 aromatic rings. The van der Waals surface area contributed by atoms with Crippen LogP contribution in [0, 0.1) is 5.82 Å². The summed E-state index contributed by atoms with van der Waals surface area (Å²) in [7, 11) is -1.49. The molecule has 0 radical (unpaired) electrons. The summed E-state index contributed by atoms with van der Waals surface area (Å²) in [6, 6.07) is 4.84. The highest BCUT2D eigenvalue weighted by Gasteiger charge is 2.37. The van der Waals surface area contributed by atoms with Crippen molar-refractivity contribution < 1.29 is 31.8 Å². The molecule has 1 aromatic carbocycles. The number of aromatic nitrogens is 3. The second-order valence-electron chi connectivity index (χ2n) is 13.7. The molecular weight excluding hydrogens is 646 g/mol. The van der Waals surface area contributed by atoms with Crippen LogP contribution in [0.2, 0.25) is 25.7 Å². The van der Waals surface area contributed by atoms with Crippen LogP contribution in [0.25, 0.3) is 11.1 Å². The maximum atomic E-state index is 15.8. The van der Waals surface area contributed by atoms with Crippen LogP contribution in [-0.2, 0) is 10.9 Å². The molecule has 2 aromatic heterocycles. The number of benzene rings is 1. The van der Waals surface area contributed by atoms with Crippen molar-refractivity contribution in [2.45, 2.75) is 50.7 Å². The first-order valence-corrected chi connectivity index (χ1v) is 20.1. The molecule has 0 unspecified atom stereocenters. The Morgan fingerprint density at radius 3 is 2.27 bits per heavy atom. The van der Waals surface area contributed by atoms with Gasteiger partial charge in [-0.1, -0.05) is 19.6 Å². The molecule has 10 nitrogen and oxygen atoms in total. The Kier molecular flexibility index (Phi) is 9.90. The number of pyridine rings is 1. The van der Waals surface area contributed by atoms with Gasteiger partial charge in [-0.2, -0.15) is 13.2 Å². The van der Waals surface area contributed by atoms with Crippen molar-refractivity contribution in [1.82, 2.24) is 19.9 Å². The number of carbonyl (C=O) groups excluding carboxylic acids is 1. The fourth-order valence-electron chi connectivity index (χ4n) is 5.88. The first-order valence-electron chi connectivity index (χ1n) is 16.3. The fourth-order valence-corrected chi connectivity index (χ4v) is 6.60. The molecule has 2 saturated heterocycles. The van der Waals surface area contributed by atoms with Crippen LogP contribution >= 0.6 is 0 Å². The molecule has 0 bridgehead atoms. The number of hydrogen-bond donors (Lipinski definition) is 1. The Morgan fingerprint density at radius 2 is 1.65 bits per heavy atom. The predicted octanol–water partition coefficient (Wildman–Crippen LogP) is 5.79. The number of carbonyl (C=O) groups is 1. The summed E-state index contributed by atoms with van der Waals surface area (Å²) in [6.07, 6.45) is 1.37. The van der Waals surface area contributed by atoms with Gasteiger partial charge < -0.3 is 24.6 Å². The van der Waals surface area contributed by atoms with Crippen LogP contribution in [0.3, 0.4) is 0 Å². The van der Waals surface area contributed by atoms with E-state index in [1.54, 1.807) is 0 Å². The molecule has 1 saturated carbocycles. The normalized spacial score (nSPS) is 17.8. The molecular formula is C33H41F4N7O3Si. The molecule has 0 spiro atoms. The van der Waals surface area contributed by atoms with E-state index >= 15 is 4.39 Å². The van der Waals surface area contributed by atoms with Gasteiger partial charge in [0.05, 0.1) is 42.3 Å². The lowest BCUT2D eigenvalue weighted by Gasteiger charge is -2.37. The maximum absolute atomic E-state index is 15.8. The Balaban J connectivity index is 1.30. The summed E-state index contributed by atoms with van der Waals surface area (Å²) in [5, 5.41) is 2.67. The third kappa shape index (κ3) is 8.24. The van der Waals surface area contributed by atoms with Crippen molar-refractivity contribution in [3.63, 3.8) is 0 Å². The SMILES string of the molecule is C[Si](C)(C)CCOc1cc(C(F)(F)F)c(C(=O)Nc2cc(-c3cnc(N4CCOCC4)nc3)c(F)cc2N2CCN(C3CC3)CC2)cn1. The van der Waals surface area contributed by atoms with E-state index in [2.05, 4.69) is 44.8 Å². The Morgan fingerprint density at radius 1 is 0.958 bits per heavy atom. The fraction of sp³-hybridized carbons (Fsp3) is 0.515. The lowest BCUT2D eigenvalue weighted by molar-refractivity contribution is -0.138. The van der Waals surface area contributed by atoms with E-state index in [4.69, 9.17) is 9.47 Å². The zero-order valence-electron chi connectivity index (χ0n) is 27.4. The average Bonchev–Trinajstić information content (AvgIpc) is 3.91. The molecule has 15 heteroatoms. The van der Waals surface area contributed by atoms with Gasteiger partial charge >= 0.3 is 6.18 Å². The predicted molar refractivity (Wildman–Crippen MR) is 178 cm³/mol. The number of halogens is 4. The third-order valence-corrected chi connectivity index (χ3v) is 10.5. The summed E-state index contributed by atoms with van der Waals surface area (Å²) in [5.74, 6) is -1.29. The number of hydrogen-bond acceptors (Lipinski definition) is 9. The van der Waals surface area contributed by atoms with Crippen molar-refractivity contribution in [2.24, 2.45) is 0 Å². The van der Waals surface area contributed by atoms with Gasteiger partial charge in [0.1, 0.15) is 5.82 Å². The van der Waals surface area contributed by atoms with Crippen molar-refractivity contribution in [1.29, 1.82) is 0 Å². The number of alkyl halides is 3. The van der Waals surface area contributed by atoms with Gasteiger partial charge in [0, 0.05) is 89.2 Å². The number of piperazine rings is 1. The number of ether oxygens (including phenoxy) is 2. The minimum Gasteiger partial charge on any atom is -0.478 e. The summed E-state index contributed by atoms with van der Waals surface area (Å²) in [5.41, 5.74) is -0.779. The second-order valence-corrected chi connectivity index (χ2v) is 19.3. The van der Waals surface area contributed by atoms with Crippen molar-refractivity contribution in [3.8, 4) is 17.0 Å². The summed E-state index contributed by atoms with van der Waals surface area (Å²) >= 11 is 0. The Labute approximate surface area is 278 Å². The first kappa shape index (κ1) is 34.1. The van der Waals surface area contributed by atoms with Crippen LogP contribution in [0.5, 0.6) is 5.88 Å². The lowest BCUT2D eigenvalue weighted by atomic mass is 10.0. The summed E-state index contributed by atoms with van der Waals surface area (Å²) in [4.78, 5) is 32.8. The lowest BCUT2D eigenvalue weighted by Crippen LogP contribution is -2.47. The standard InChI is InChI=1S/C33H41F4N7O3Si/c1-48(2,3)15-14-47-30-17-26(33(35,36)37)25(21-38-30)31(45)41-28-16-24(22-19-39-32(40-20-22)44-10-12-46-13-11-44)27(34)18-29(28)43-8-6-42(7-9-43)23-4-5-23/h16-21,23H,4-15H2,1-3H3,(H,41,45). The van der Waals surface area contributed by atoms with E-state index in [0.29, 0.717) is 62.6 Å². The van der Waals surface area contributed by atoms with Crippen LogP contribution in [0.4, 0.5) is 34.9 Å². The van der Waals surface area contributed by atoms with Crippen molar-refractivity contribution >= 4 is 31.3 Å². The monoisotopic (exact) mass is 687 g/mol. The van der Waals surface area contributed by atoms with Crippen LogP contribution in [0.1, 0.15) is 28.8 Å². The van der Waals surface area contributed by atoms with Crippen molar-refractivity contribution in [3.05, 3.63) is 53.7 Å². The Hall–Kier alpha value is -3.82. The number of nitrogens with one attached hydrogen (secondary N) is 1. The van der Waals surface area contributed by atoms with Gasteiger partial charge in [-0.25, -0.2) is 19.3 Å². The largest absolute Gasteiger partial charge is 0.478 e. The number of anilines is 3. The number of morpholine rings is 1. The van der Waals surface area contributed by atoms with Gasteiger partial charge in [-0.15, -0.1) is 0 Å². The second kappa shape index (κ2) is 14.0. The molecule has 48 heavy (non-hydrogen) atoms. The molecule has 3 fully saturated rings. The molecule has 3 aliphatic rings. The van der Waals surface area contributed by atoms with Crippen LogP contribution in [-0.4, -0.2) is 99.0 Å². The molecule has 6 rings (SSSR count). The molecule has 4 heterocycles. The van der Waals surface area contributed by atoms with E-state index < -0.39 is 37.1 Å². The van der Waals surface area contributed by atoms with Gasteiger partial charge in [-0.3, -0.25) is 9.69 Å². The van der Waals surface area contributed by atoms with E-state index in [9.17, 15) is 18.0 Å². The molecule has 258 valence electrons. The molecule has 1 aliphatic carbocycles. The molecule has 2 aliphatic heterocycles.